The topological polar surface area (TPSA) is 108 Å². The summed E-state index contributed by atoms with van der Waals surface area (Å²) in [5.74, 6) is -0.311. The Kier molecular flexibility index (Phi) is 4.99. The molecule has 2 aromatic rings. The van der Waals surface area contributed by atoms with Gasteiger partial charge in [0, 0.05) is 6.54 Å². The summed E-state index contributed by atoms with van der Waals surface area (Å²) in [6, 6.07) is 5.05. The molecular weight excluding hydrogens is 284 g/mol. The summed E-state index contributed by atoms with van der Waals surface area (Å²) < 4.78 is 6.50. The third-order valence-electron chi connectivity index (χ3n) is 2.33. The molecule has 0 saturated carbocycles. The van der Waals surface area contributed by atoms with Crippen molar-refractivity contribution in [2.24, 2.45) is 5.73 Å². The fourth-order valence-electron chi connectivity index (χ4n) is 1.47. The van der Waals surface area contributed by atoms with Crippen molar-refractivity contribution in [2.75, 3.05) is 25.1 Å². The van der Waals surface area contributed by atoms with Crippen molar-refractivity contribution in [1.29, 1.82) is 0 Å². The first-order chi connectivity index (χ1) is 9.70. The lowest BCUT2D eigenvalue weighted by atomic mass is 10.2. The second kappa shape index (κ2) is 6.94. The van der Waals surface area contributed by atoms with Gasteiger partial charge in [0.15, 0.2) is 0 Å². The number of amides is 1. The van der Waals surface area contributed by atoms with Crippen LogP contribution in [0.1, 0.15) is 0 Å². The van der Waals surface area contributed by atoms with Gasteiger partial charge in [-0.05, 0) is 28.6 Å². The summed E-state index contributed by atoms with van der Waals surface area (Å²) in [4.78, 5) is 11.7. The Morgan fingerprint density at radius 2 is 2.35 bits per heavy atom. The molecule has 0 aliphatic heterocycles. The van der Waals surface area contributed by atoms with Crippen LogP contribution in [-0.4, -0.2) is 45.9 Å². The molecule has 0 spiro atoms. The summed E-state index contributed by atoms with van der Waals surface area (Å²) in [5, 5.41) is 13.9. The number of tetrazole rings is 1. The monoisotopic (exact) mass is 296 g/mol. The van der Waals surface area contributed by atoms with Crippen LogP contribution in [0.4, 0.5) is 5.69 Å². The number of nitrogens with two attached hydrogens (primary N) is 1. The molecule has 1 amide bonds. The first-order valence-corrected chi connectivity index (χ1v) is 6.19. The number of benzene rings is 1. The Hall–Kier alpha value is -2.03. The second-order valence-corrected chi connectivity index (χ2v) is 4.22. The van der Waals surface area contributed by atoms with Gasteiger partial charge in [-0.25, -0.2) is 4.68 Å². The third kappa shape index (κ3) is 3.73. The van der Waals surface area contributed by atoms with Crippen LogP contribution in [0.5, 0.6) is 0 Å². The summed E-state index contributed by atoms with van der Waals surface area (Å²) in [6.45, 7) is 0.608. The quantitative estimate of drug-likeness (QED) is 0.739. The van der Waals surface area contributed by atoms with Gasteiger partial charge >= 0.3 is 0 Å². The van der Waals surface area contributed by atoms with E-state index in [2.05, 4.69) is 20.8 Å². The molecule has 0 unspecified atom stereocenters. The van der Waals surface area contributed by atoms with Gasteiger partial charge in [0.1, 0.15) is 12.9 Å². The van der Waals surface area contributed by atoms with Crippen molar-refractivity contribution in [3.63, 3.8) is 0 Å². The van der Waals surface area contributed by atoms with Crippen LogP contribution in [-0.2, 0) is 9.53 Å². The standard InChI is InChI=1S/C11H13ClN6O2/c12-9-2-1-8(18-7-14-16-17-18)5-10(9)15-11(19)6-20-4-3-13/h1-2,5,7H,3-4,6,13H2,(H,15,19). The van der Waals surface area contributed by atoms with Gasteiger partial charge in [0.2, 0.25) is 5.91 Å². The molecule has 9 heteroatoms. The van der Waals surface area contributed by atoms with Crippen LogP contribution in [0.15, 0.2) is 24.5 Å². The molecule has 8 nitrogen and oxygen atoms in total. The maximum absolute atomic E-state index is 11.7. The van der Waals surface area contributed by atoms with Gasteiger partial charge in [-0.1, -0.05) is 11.6 Å². The maximum Gasteiger partial charge on any atom is 0.250 e. The molecule has 2 rings (SSSR count). The van der Waals surface area contributed by atoms with Crippen molar-refractivity contribution in [2.45, 2.75) is 0 Å². The van der Waals surface area contributed by atoms with Crippen molar-refractivity contribution in [1.82, 2.24) is 20.2 Å². The van der Waals surface area contributed by atoms with E-state index in [1.54, 1.807) is 18.2 Å². The molecule has 0 fully saturated rings. The first-order valence-electron chi connectivity index (χ1n) is 5.81. The summed E-state index contributed by atoms with van der Waals surface area (Å²) in [6.07, 6.45) is 1.44. The number of hydrogen-bond donors (Lipinski definition) is 2. The zero-order chi connectivity index (χ0) is 14.4. The minimum atomic E-state index is -0.311. The van der Waals surface area contributed by atoms with E-state index in [1.807, 2.05) is 0 Å². The number of carbonyl (C=O) groups excluding carboxylic acids is 1. The average molecular weight is 297 g/mol. The Labute approximate surface area is 119 Å². The highest BCUT2D eigenvalue weighted by Crippen LogP contribution is 2.24. The normalized spacial score (nSPS) is 10.5. The minimum absolute atomic E-state index is 0.0807. The minimum Gasteiger partial charge on any atom is -0.370 e. The Morgan fingerprint density at radius 3 is 3.05 bits per heavy atom. The molecule has 0 radical (unpaired) electrons. The second-order valence-electron chi connectivity index (χ2n) is 3.81. The van der Waals surface area contributed by atoms with E-state index in [-0.39, 0.29) is 12.5 Å². The molecule has 1 heterocycles. The van der Waals surface area contributed by atoms with E-state index >= 15 is 0 Å². The van der Waals surface area contributed by atoms with E-state index in [0.717, 1.165) is 0 Å². The van der Waals surface area contributed by atoms with Gasteiger partial charge in [0.25, 0.3) is 0 Å². The largest absolute Gasteiger partial charge is 0.370 e. The number of ether oxygens (including phenoxy) is 1. The number of rotatable bonds is 6. The van der Waals surface area contributed by atoms with Gasteiger partial charge in [-0.15, -0.1) is 5.10 Å². The van der Waals surface area contributed by atoms with E-state index in [4.69, 9.17) is 22.1 Å². The third-order valence-corrected chi connectivity index (χ3v) is 2.66. The van der Waals surface area contributed by atoms with E-state index in [9.17, 15) is 4.79 Å². The van der Waals surface area contributed by atoms with Crippen LogP contribution >= 0.6 is 11.6 Å². The molecule has 106 valence electrons. The summed E-state index contributed by atoms with van der Waals surface area (Å²) >= 11 is 6.03. The fourth-order valence-corrected chi connectivity index (χ4v) is 1.63. The van der Waals surface area contributed by atoms with Gasteiger partial charge < -0.3 is 15.8 Å². The van der Waals surface area contributed by atoms with E-state index in [1.165, 1.54) is 11.0 Å². The van der Waals surface area contributed by atoms with E-state index in [0.29, 0.717) is 29.5 Å². The number of nitrogens with zero attached hydrogens (tertiary/aromatic N) is 4. The summed E-state index contributed by atoms with van der Waals surface area (Å²) in [5.41, 5.74) is 6.40. The van der Waals surface area contributed by atoms with Crippen molar-refractivity contribution in [3.8, 4) is 5.69 Å². The average Bonchev–Trinajstić information content (AvgIpc) is 2.95. The molecule has 0 atom stereocenters. The molecule has 3 N–H and O–H groups in total. The lowest BCUT2D eigenvalue weighted by Gasteiger charge is -2.09. The maximum atomic E-state index is 11.7. The van der Waals surface area contributed by atoms with Crippen LogP contribution in [0, 0.1) is 0 Å². The number of aromatic nitrogens is 4. The molecule has 1 aromatic carbocycles. The van der Waals surface area contributed by atoms with Gasteiger partial charge in [-0.2, -0.15) is 0 Å². The zero-order valence-corrected chi connectivity index (χ0v) is 11.2. The number of anilines is 1. The summed E-state index contributed by atoms with van der Waals surface area (Å²) in [7, 11) is 0. The predicted molar refractivity (Wildman–Crippen MR) is 72.7 cm³/mol. The first kappa shape index (κ1) is 14.4. The molecule has 1 aromatic heterocycles. The highest BCUT2D eigenvalue weighted by Gasteiger charge is 2.08. The molecule has 0 aliphatic rings. The molecule has 0 bridgehead atoms. The van der Waals surface area contributed by atoms with Crippen LogP contribution in [0.3, 0.4) is 0 Å². The van der Waals surface area contributed by atoms with Crippen LogP contribution in [0.25, 0.3) is 5.69 Å². The van der Waals surface area contributed by atoms with E-state index < -0.39 is 0 Å². The van der Waals surface area contributed by atoms with Crippen molar-refractivity contribution < 1.29 is 9.53 Å². The predicted octanol–water partition coefficient (Wildman–Crippen LogP) is 0.230. The zero-order valence-electron chi connectivity index (χ0n) is 10.5. The Morgan fingerprint density at radius 1 is 1.50 bits per heavy atom. The SMILES string of the molecule is NCCOCC(=O)Nc1cc(-n2cnnn2)ccc1Cl. The molecule has 0 saturated heterocycles. The van der Waals surface area contributed by atoms with Gasteiger partial charge in [0.05, 0.1) is 23.0 Å². The van der Waals surface area contributed by atoms with Crippen molar-refractivity contribution >= 4 is 23.2 Å². The Balaban J connectivity index is 2.07. The smallest absolute Gasteiger partial charge is 0.250 e. The number of hydrogen-bond acceptors (Lipinski definition) is 6. The number of halogens is 1. The van der Waals surface area contributed by atoms with Crippen LogP contribution in [0.2, 0.25) is 5.02 Å². The highest BCUT2D eigenvalue weighted by atomic mass is 35.5. The molecule has 0 aliphatic carbocycles. The van der Waals surface area contributed by atoms with Crippen molar-refractivity contribution in [3.05, 3.63) is 29.5 Å². The molecular formula is C11H13ClN6O2. The lowest BCUT2D eigenvalue weighted by molar-refractivity contribution is -0.120. The Bertz CT molecular complexity index is 574. The van der Waals surface area contributed by atoms with Gasteiger partial charge in [-0.3, -0.25) is 4.79 Å². The van der Waals surface area contributed by atoms with Crippen LogP contribution < -0.4 is 11.1 Å². The number of carbonyl (C=O) groups is 1. The fraction of sp³-hybridized carbons (Fsp3) is 0.273. The highest BCUT2D eigenvalue weighted by molar-refractivity contribution is 6.33. The molecule has 20 heavy (non-hydrogen) atoms. The lowest BCUT2D eigenvalue weighted by Crippen LogP contribution is -2.21. The number of nitrogens with one attached hydrogen (secondary N) is 1.